The molecule has 0 aromatic heterocycles. The van der Waals surface area contributed by atoms with Gasteiger partial charge in [0.2, 0.25) is 0 Å². The first-order chi connectivity index (χ1) is 22.0. The third kappa shape index (κ3) is 11.9. The Morgan fingerprint density at radius 1 is 0.851 bits per heavy atom. The van der Waals surface area contributed by atoms with Gasteiger partial charge in [-0.1, -0.05) is 72.4 Å². The van der Waals surface area contributed by atoms with Gasteiger partial charge < -0.3 is 24.2 Å². The van der Waals surface area contributed by atoms with Crippen molar-refractivity contribution < 1.29 is 38.4 Å². The van der Waals surface area contributed by atoms with Crippen molar-refractivity contribution in [2.45, 2.75) is 107 Å². The third-order valence-corrected chi connectivity index (χ3v) is 9.06. The van der Waals surface area contributed by atoms with Crippen molar-refractivity contribution in [3.05, 3.63) is 58.1 Å². The molecule has 2 aromatic rings. The smallest absolute Gasteiger partial charge is 0.333 e. The predicted octanol–water partition coefficient (Wildman–Crippen LogP) is 6.51. The maximum Gasteiger partial charge on any atom is 0.333 e. The maximum atomic E-state index is 14.0. The zero-order chi connectivity index (χ0) is 35.5. The Labute approximate surface area is 280 Å². The zero-order valence-electron chi connectivity index (χ0n) is 29.8. The van der Waals surface area contributed by atoms with Crippen molar-refractivity contribution in [2.24, 2.45) is 11.8 Å². The molecule has 0 bridgehead atoms. The van der Waals surface area contributed by atoms with Crippen LogP contribution in [0.4, 0.5) is 0 Å². The average molecular weight is 678 g/mol. The predicted molar refractivity (Wildman–Crippen MR) is 184 cm³/mol. The highest BCUT2D eigenvalue weighted by molar-refractivity contribution is 7.55. The van der Waals surface area contributed by atoms with Crippen LogP contribution in [0.2, 0.25) is 0 Å². The monoisotopic (exact) mass is 677 g/mol. The van der Waals surface area contributed by atoms with Crippen LogP contribution in [0.3, 0.4) is 0 Å². The van der Waals surface area contributed by atoms with Gasteiger partial charge in [-0.15, -0.1) is 0 Å². The lowest BCUT2D eigenvalue weighted by atomic mass is 9.93. The van der Waals surface area contributed by atoms with Gasteiger partial charge in [-0.2, -0.15) is 0 Å². The molecule has 0 aliphatic rings. The Morgan fingerprint density at radius 3 is 1.77 bits per heavy atom. The van der Waals surface area contributed by atoms with Crippen molar-refractivity contribution in [1.29, 1.82) is 0 Å². The fourth-order valence-corrected chi connectivity index (χ4v) is 5.97. The summed E-state index contributed by atoms with van der Waals surface area (Å²) >= 11 is 0. The standard InChI is InChI=1S/C35H56N3O8P/c1-11-15-44-34(40)32(23(5)6)36-38(37-33(24(7)8)35(41)45-16-12-2)47(42,43)21-46-28-17-25(9)30(26(10)18-28)20-27-13-14-31(39)29(19-27)22(3)4/h13-14,17-19,22-24,32-33,36-37,39H,11-12,15-16,20-21H2,1-10H3,(H,42,43). The maximum absolute atomic E-state index is 14.0. The number of hydrazine groups is 2. The first-order valence-electron chi connectivity index (χ1n) is 16.5. The van der Waals surface area contributed by atoms with Crippen LogP contribution in [0.1, 0.15) is 102 Å². The minimum atomic E-state index is -4.45. The second kappa shape index (κ2) is 18.6. The molecule has 0 aliphatic heterocycles. The van der Waals surface area contributed by atoms with E-state index in [1.807, 2.05) is 65.8 Å². The van der Waals surface area contributed by atoms with Crippen LogP contribution < -0.4 is 15.6 Å². The minimum Gasteiger partial charge on any atom is -0.508 e. The molecule has 0 radical (unpaired) electrons. The Bertz CT molecular complexity index is 1320. The molecule has 264 valence electrons. The van der Waals surface area contributed by atoms with Crippen molar-refractivity contribution in [3.8, 4) is 11.5 Å². The Balaban J connectivity index is 2.36. The lowest BCUT2D eigenvalue weighted by molar-refractivity contribution is -0.150. The molecule has 3 atom stereocenters. The first kappa shape index (κ1) is 40.2. The number of carbonyl (C=O) groups excluding carboxylic acids is 2. The number of ether oxygens (including phenoxy) is 3. The summed E-state index contributed by atoms with van der Waals surface area (Å²) < 4.78 is 30.6. The van der Waals surface area contributed by atoms with E-state index in [1.54, 1.807) is 33.8 Å². The summed E-state index contributed by atoms with van der Waals surface area (Å²) in [6, 6.07) is 7.30. The lowest BCUT2D eigenvalue weighted by Gasteiger charge is -2.35. The molecule has 0 spiro atoms. The van der Waals surface area contributed by atoms with Gasteiger partial charge in [0.05, 0.1) is 13.2 Å². The highest BCUT2D eigenvalue weighted by Crippen LogP contribution is 2.43. The molecule has 0 heterocycles. The summed E-state index contributed by atoms with van der Waals surface area (Å²) in [4.78, 5) is 38.1. The molecule has 12 heteroatoms. The third-order valence-electron chi connectivity index (χ3n) is 7.74. The SMILES string of the molecule is CCCOC(=O)C(NN(NC(C(=O)OCCC)C(C)C)P(=O)(O)COc1cc(C)c(Cc2ccc(O)c(C(C)C)c2)c(C)c1)C(C)C. The number of hydrogen-bond donors (Lipinski definition) is 4. The zero-order valence-corrected chi connectivity index (χ0v) is 30.6. The van der Waals surface area contributed by atoms with E-state index in [2.05, 4.69) is 10.9 Å². The second-order valence-corrected chi connectivity index (χ2v) is 15.0. The van der Waals surface area contributed by atoms with Gasteiger partial charge in [0.15, 0.2) is 6.35 Å². The molecule has 0 aliphatic carbocycles. The van der Waals surface area contributed by atoms with Gasteiger partial charge in [-0.25, -0.2) is 10.9 Å². The summed E-state index contributed by atoms with van der Waals surface area (Å²) in [7, 11) is -4.45. The van der Waals surface area contributed by atoms with Crippen molar-refractivity contribution in [1.82, 2.24) is 15.7 Å². The van der Waals surface area contributed by atoms with Crippen LogP contribution in [-0.2, 0) is 30.0 Å². The van der Waals surface area contributed by atoms with Gasteiger partial charge in [-0.05, 0) is 96.9 Å². The molecule has 0 saturated carbocycles. The first-order valence-corrected chi connectivity index (χ1v) is 18.3. The van der Waals surface area contributed by atoms with Crippen LogP contribution in [0, 0.1) is 25.7 Å². The number of carbonyl (C=O) groups is 2. The van der Waals surface area contributed by atoms with E-state index in [4.69, 9.17) is 14.2 Å². The normalized spacial score (nSPS) is 14.4. The molecule has 0 fully saturated rings. The highest BCUT2D eigenvalue weighted by atomic mass is 31.2. The van der Waals surface area contributed by atoms with Crippen LogP contribution in [0.25, 0.3) is 0 Å². The number of phenolic OH excluding ortho intramolecular Hbond substituents is 1. The van der Waals surface area contributed by atoms with E-state index in [0.717, 1.165) is 32.7 Å². The minimum absolute atomic E-state index is 0.182. The quantitative estimate of drug-likeness (QED) is 0.0733. The summed E-state index contributed by atoms with van der Waals surface area (Å²) in [6.07, 6.45) is 1.24. The molecule has 0 amide bonds. The van der Waals surface area contributed by atoms with Crippen LogP contribution in [0.5, 0.6) is 11.5 Å². The number of phenols is 1. The molecule has 4 N–H and O–H groups in total. The van der Waals surface area contributed by atoms with Gasteiger partial charge >= 0.3 is 19.5 Å². The number of benzene rings is 2. The lowest BCUT2D eigenvalue weighted by Crippen LogP contribution is -2.60. The molecular formula is C35H56N3O8P. The second-order valence-electron chi connectivity index (χ2n) is 13.0. The van der Waals surface area contributed by atoms with Crippen molar-refractivity contribution in [3.63, 3.8) is 0 Å². The van der Waals surface area contributed by atoms with E-state index in [1.165, 1.54) is 0 Å². The van der Waals surface area contributed by atoms with Crippen LogP contribution in [-0.4, -0.2) is 58.5 Å². The summed E-state index contributed by atoms with van der Waals surface area (Å²) in [5, 5.41) is 10.2. The molecule has 0 saturated heterocycles. The van der Waals surface area contributed by atoms with Crippen LogP contribution in [0.15, 0.2) is 30.3 Å². The Kier molecular flexibility index (Phi) is 15.9. The number of nitrogens with one attached hydrogen (secondary N) is 2. The summed E-state index contributed by atoms with van der Waals surface area (Å²) in [5.74, 6) is -0.949. The highest BCUT2D eigenvalue weighted by Gasteiger charge is 2.39. The number of rotatable bonds is 19. The van der Waals surface area contributed by atoms with E-state index in [9.17, 15) is 24.2 Å². The molecule has 2 aromatic carbocycles. The molecule has 3 unspecified atom stereocenters. The van der Waals surface area contributed by atoms with E-state index in [-0.39, 0.29) is 36.7 Å². The molecule has 47 heavy (non-hydrogen) atoms. The Morgan fingerprint density at radius 2 is 1.34 bits per heavy atom. The summed E-state index contributed by atoms with van der Waals surface area (Å²) in [6.45, 7) is 19.3. The largest absolute Gasteiger partial charge is 0.508 e. The average Bonchev–Trinajstić information content (AvgIpc) is 2.99. The Hall–Kier alpha value is -2.95. The summed E-state index contributed by atoms with van der Waals surface area (Å²) in [5.41, 5.74) is 10.6. The number of aromatic hydroxyl groups is 1. The number of esters is 2. The van der Waals surface area contributed by atoms with E-state index in [0.29, 0.717) is 25.0 Å². The topological polar surface area (TPSA) is 147 Å². The van der Waals surface area contributed by atoms with Crippen LogP contribution >= 0.6 is 7.52 Å². The van der Waals surface area contributed by atoms with Gasteiger partial charge in [0.1, 0.15) is 23.6 Å². The number of aryl methyl sites for hydroxylation is 2. The molecule has 11 nitrogen and oxygen atoms in total. The number of nitrogens with zero attached hydrogens (tertiary/aromatic N) is 1. The molecular weight excluding hydrogens is 621 g/mol. The van der Waals surface area contributed by atoms with Gasteiger partial charge in [0, 0.05) is 0 Å². The van der Waals surface area contributed by atoms with Gasteiger partial charge in [0.25, 0.3) is 0 Å². The van der Waals surface area contributed by atoms with Crippen molar-refractivity contribution in [2.75, 3.05) is 19.6 Å². The van der Waals surface area contributed by atoms with Crippen molar-refractivity contribution >= 4 is 19.5 Å². The number of hydrogen-bond acceptors (Lipinski definition) is 9. The van der Waals surface area contributed by atoms with E-state index >= 15 is 0 Å². The van der Waals surface area contributed by atoms with E-state index < -0.39 is 37.9 Å². The fraction of sp³-hybridized carbons (Fsp3) is 0.600. The molecule has 2 rings (SSSR count). The fourth-order valence-electron chi connectivity index (χ4n) is 4.93. The van der Waals surface area contributed by atoms with Gasteiger partial charge in [-0.3, -0.25) is 14.2 Å².